The van der Waals surface area contributed by atoms with E-state index in [1.165, 1.54) is 6.07 Å². The fourth-order valence-corrected chi connectivity index (χ4v) is 1.69. The van der Waals surface area contributed by atoms with E-state index in [0.717, 1.165) is 5.56 Å². The zero-order valence-corrected chi connectivity index (χ0v) is 10.1. The fourth-order valence-electron chi connectivity index (χ4n) is 1.69. The molecule has 92 valence electrons. The van der Waals surface area contributed by atoms with Crippen LogP contribution in [0.2, 0.25) is 0 Å². The molecule has 0 spiro atoms. The second-order valence-electron chi connectivity index (χ2n) is 3.96. The van der Waals surface area contributed by atoms with Crippen LogP contribution >= 0.6 is 0 Å². The first-order valence-electron chi connectivity index (χ1n) is 5.85. The Morgan fingerprint density at radius 2 is 1.89 bits per heavy atom. The number of carbonyl (C=O) groups excluding carboxylic acids is 1. The minimum absolute atomic E-state index is 0.123. The van der Waals surface area contributed by atoms with Crippen molar-refractivity contribution < 1.29 is 9.18 Å². The van der Waals surface area contributed by atoms with E-state index in [9.17, 15) is 9.18 Å². The lowest BCUT2D eigenvalue weighted by Crippen LogP contribution is -2.09. The van der Waals surface area contributed by atoms with Crippen LogP contribution in [-0.4, -0.2) is 5.91 Å². The zero-order valence-electron chi connectivity index (χ0n) is 10.1. The molecule has 0 unspecified atom stereocenters. The molecule has 0 saturated carbocycles. The SMILES string of the molecule is CCC(=O)Nc1ccc(-c2ccccc2)c(F)c1. The molecular formula is C15H14FNO. The van der Waals surface area contributed by atoms with Gasteiger partial charge in [0.2, 0.25) is 5.91 Å². The molecule has 3 heteroatoms. The number of anilines is 1. The van der Waals surface area contributed by atoms with Crippen molar-refractivity contribution in [2.24, 2.45) is 0 Å². The number of benzene rings is 2. The van der Waals surface area contributed by atoms with Crippen LogP contribution in [0, 0.1) is 5.82 Å². The Labute approximate surface area is 105 Å². The molecular weight excluding hydrogens is 229 g/mol. The van der Waals surface area contributed by atoms with Gasteiger partial charge in [0.05, 0.1) is 0 Å². The molecule has 0 bridgehead atoms. The molecule has 2 aromatic rings. The summed E-state index contributed by atoms with van der Waals surface area (Å²) in [6, 6.07) is 14.0. The highest BCUT2D eigenvalue weighted by Gasteiger charge is 2.06. The van der Waals surface area contributed by atoms with Gasteiger partial charge < -0.3 is 5.32 Å². The molecule has 0 heterocycles. The summed E-state index contributed by atoms with van der Waals surface area (Å²) in [7, 11) is 0. The third-order valence-electron chi connectivity index (χ3n) is 2.66. The highest BCUT2D eigenvalue weighted by atomic mass is 19.1. The summed E-state index contributed by atoms with van der Waals surface area (Å²) in [5.74, 6) is -0.461. The van der Waals surface area contributed by atoms with E-state index in [1.807, 2.05) is 30.3 Å². The van der Waals surface area contributed by atoms with Crippen molar-refractivity contribution >= 4 is 11.6 Å². The van der Waals surface area contributed by atoms with Crippen LogP contribution in [0.4, 0.5) is 10.1 Å². The maximum atomic E-state index is 13.9. The summed E-state index contributed by atoms with van der Waals surface area (Å²) < 4.78 is 13.9. The Morgan fingerprint density at radius 3 is 2.50 bits per heavy atom. The molecule has 2 aromatic carbocycles. The summed E-state index contributed by atoms with van der Waals surface area (Å²) in [5.41, 5.74) is 1.84. The first-order chi connectivity index (χ1) is 8.70. The quantitative estimate of drug-likeness (QED) is 0.871. The zero-order chi connectivity index (χ0) is 13.0. The van der Waals surface area contributed by atoms with E-state index in [-0.39, 0.29) is 11.7 Å². The maximum absolute atomic E-state index is 13.9. The Hall–Kier alpha value is -2.16. The largest absolute Gasteiger partial charge is 0.326 e. The van der Waals surface area contributed by atoms with Gasteiger partial charge in [-0.2, -0.15) is 0 Å². The Bertz CT molecular complexity index is 552. The van der Waals surface area contributed by atoms with Crippen LogP contribution in [-0.2, 0) is 4.79 Å². The van der Waals surface area contributed by atoms with E-state index in [1.54, 1.807) is 19.1 Å². The summed E-state index contributed by atoms with van der Waals surface area (Å²) in [6.07, 6.45) is 0.377. The normalized spacial score (nSPS) is 10.1. The molecule has 0 saturated heterocycles. The smallest absolute Gasteiger partial charge is 0.224 e. The summed E-state index contributed by atoms with van der Waals surface area (Å²) in [6.45, 7) is 1.75. The van der Waals surface area contributed by atoms with Crippen LogP contribution in [0.1, 0.15) is 13.3 Å². The molecule has 0 aromatic heterocycles. The monoisotopic (exact) mass is 243 g/mol. The van der Waals surface area contributed by atoms with Gasteiger partial charge in [0.25, 0.3) is 0 Å². The summed E-state index contributed by atoms with van der Waals surface area (Å²) in [4.78, 5) is 11.2. The van der Waals surface area contributed by atoms with Gasteiger partial charge in [0, 0.05) is 17.7 Å². The van der Waals surface area contributed by atoms with Gasteiger partial charge >= 0.3 is 0 Å². The molecule has 2 rings (SSSR count). The first-order valence-corrected chi connectivity index (χ1v) is 5.85. The highest BCUT2D eigenvalue weighted by Crippen LogP contribution is 2.25. The van der Waals surface area contributed by atoms with Gasteiger partial charge in [0.15, 0.2) is 0 Å². The second-order valence-corrected chi connectivity index (χ2v) is 3.96. The van der Waals surface area contributed by atoms with Crippen LogP contribution < -0.4 is 5.32 Å². The molecule has 0 aliphatic rings. The van der Waals surface area contributed by atoms with Gasteiger partial charge in [-0.15, -0.1) is 0 Å². The van der Waals surface area contributed by atoms with Gasteiger partial charge in [0.1, 0.15) is 5.82 Å². The predicted molar refractivity (Wildman–Crippen MR) is 70.8 cm³/mol. The van der Waals surface area contributed by atoms with Crippen molar-refractivity contribution in [2.75, 3.05) is 5.32 Å². The maximum Gasteiger partial charge on any atom is 0.224 e. The number of rotatable bonds is 3. The molecule has 0 fully saturated rings. The average molecular weight is 243 g/mol. The number of carbonyl (C=O) groups is 1. The highest BCUT2D eigenvalue weighted by molar-refractivity contribution is 5.90. The molecule has 0 aliphatic carbocycles. The minimum atomic E-state index is -0.338. The molecule has 0 radical (unpaired) electrons. The molecule has 2 nitrogen and oxygen atoms in total. The van der Waals surface area contributed by atoms with Crippen molar-refractivity contribution in [3.8, 4) is 11.1 Å². The molecule has 1 N–H and O–H groups in total. The molecule has 18 heavy (non-hydrogen) atoms. The topological polar surface area (TPSA) is 29.1 Å². The van der Waals surface area contributed by atoms with E-state index in [0.29, 0.717) is 17.7 Å². The van der Waals surface area contributed by atoms with Crippen molar-refractivity contribution in [3.05, 3.63) is 54.3 Å². The Kier molecular flexibility index (Phi) is 3.72. The lowest BCUT2D eigenvalue weighted by atomic mass is 10.0. The molecule has 1 amide bonds. The molecule has 0 aliphatic heterocycles. The van der Waals surface area contributed by atoms with Crippen molar-refractivity contribution in [1.29, 1.82) is 0 Å². The summed E-state index contributed by atoms with van der Waals surface area (Å²) >= 11 is 0. The van der Waals surface area contributed by atoms with Crippen molar-refractivity contribution in [2.45, 2.75) is 13.3 Å². The number of halogens is 1. The van der Waals surface area contributed by atoms with E-state index >= 15 is 0 Å². The Morgan fingerprint density at radius 1 is 1.17 bits per heavy atom. The lowest BCUT2D eigenvalue weighted by molar-refractivity contribution is -0.115. The number of hydrogen-bond donors (Lipinski definition) is 1. The van der Waals surface area contributed by atoms with Crippen molar-refractivity contribution in [1.82, 2.24) is 0 Å². The van der Waals surface area contributed by atoms with Gasteiger partial charge in [-0.05, 0) is 23.8 Å². The van der Waals surface area contributed by atoms with Gasteiger partial charge in [-0.1, -0.05) is 37.3 Å². The van der Waals surface area contributed by atoms with Gasteiger partial charge in [-0.3, -0.25) is 4.79 Å². The minimum Gasteiger partial charge on any atom is -0.326 e. The molecule has 0 atom stereocenters. The standard InChI is InChI=1S/C15H14FNO/c1-2-15(18)17-12-8-9-13(14(16)10-12)11-6-4-3-5-7-11/h3-10H,2H2,1H3,(H,17,18). The van der Waals surface area contributed by atoms with Crippen LogP contribution in [0.3, 0.4) is 0 Å². The second kappa shape index (κ2) is 5.45. The van der Waals surface area contributed by atoms with E-state index < -0.39 is 0 Å². The fraction of sp³-hybridized carbons (Fsp3) is 0.133. The van der Waals surface area contributed by atoms with Crippen LogP contribution in [0.5, 0.6) is 0 Å². The first kappa shape index (κ1) is 12.3. The van der Waals surface area contributed by atoms with E-state index in [4.69, 9.17) is 0 Å². The average Bonchev–Trinajstić information content (AvgIpc) is 2.40. The summed E-state index contributed by atoms with van der Waals surface area (Å²) in [5, 5.41) is 2.63. The predicted octanol–water partition coefficient (Wildman–Crippen LogP) is 3.84. The van der Waals surface area contributed by atoms with Gasteiger partial charge in [-0.25, -0.2) is 4.39 Å². The van der Waals surface area contributed by atoms with Crippen LogP contribution in [0.15, 0.2) is 48.5 Å². The number of hydrogen-bond acceptors (Lipinski definition) is 1. The third kappa shape index (κ3) is 2.74. The van der Waals surface area contributed by atoms with Crippen molar-refractivity contribution in [3.63, 3.8) is 0 Å². The van der Waals surface area contributed by atoms with E-state index in [2.05, 4.69) is 5.32 Å². The van der Waals surface area contributed by atoms with Crippen LogP contribution in [0.25, 0.3) is 11.1 Å². The number of nitrogens with one attached hydrogen (secondary N) is 1. The third-order valence-corrected chi connectivity index (χ3v) is 2.66. The number of amides is 1. The lowest BCUT2D eigenvalue weighted by Gasteiger charge is -2.07. The Balaban J connectivity index is 2.28.